The molecule has 0 aliphatic carbocycles. The van der Waals surface area contributed by atoms with Gasteiger partial charge in [0.2, 0.25) is 5.88 Å². The van der Waals surface area contributed by atoms with E-state index in [0.717, 1.165) is 43.4 Å². The molecule has 0 amide bonds. The monoisotopic (exact) mass is 298 g/mol. The van der Waals surface area contributed by atoms with Gasteiger partial charge in [-0.2, -0.15) is 4.98 Å². The Morgan fingerprint density at radius 2 is 1.82 bits per heavy atom. The molecule has 116 valence electrons. The van der Waals surface area contributed by atoms with Crippen LogP contribution in [0.2, 0.25) is 0 Å². The standard InChI is InChI=1S/C17H22N4O/c1-12-3-5-14(6-4-12)22-17-15(18)16(19-11-20-17)21-9-7-13(2)8-10-21/h3-6,11,13H,7-10,18H2,1-2H3. The van der Waals surface area contributed by atoms with Gasteiger partial charge in [0.25, 0.3) is 0 Å². The van der Waals surface area contributed by atoms with Crippen LogP contribution >= 0.6 is 0 Å². The van der Waals surface area contributed by atoms with Crippen LogP contribution in [0.15, 0.2) is 30.6 Å². The van der Waals surface area contributed by atoms with E-state index in [9.17, 15) is 0 Å². The number of nitrogens with zero attached hydrogens (tertiary/aromatic N) is 3. The van der Waals surface area contributed by atoms with Gasteiger partial charge in [-0.1, -0.05) is 24.6 Å². The van der Waals surface area contributed by atoms with Crippen molar-refractivity contribution in [1.29, 1.82) is 0 Å². The van der Waals surface area contributed by atoms with Crippen LogP contribution in [0.4, 0.5) is 11.5 Å². The number of aromatic nitrogens is 2. The van der Waals surface area contributed by atoms with Gasteiger partial charge in [0.15, 0.2) is 5.82 Å². The van der Waals surface area contributed by atoms with Crippen molar-refractivity contribution < 1.29 is 4.74 Å². The number of rotatable bonds is 3. The lowest BCUT2D eigenvalue weighted by Crippen LogP contribution is -2.34. The van der Waals surface area contributed by atoms with Crippen LogP contribution in [-0.2, 0) is 0 Å². The van der Waals surface area contributed by atoms with Crippen molar-refractivity contribution in [3.8, 4) is 11.6 Å². The zero-order valence-electron chi connectivity index (χ0n) is 13.1. The molecule has 3 rings (SSSR count). The van der Waals surface area contributed by atoms with Gasteiger partial charge in [-0.15, -0.1) is 0 Å². The highest BCUT2D eigenvalue weighted by Gasteiger charge is 2.21. The average Bonchev–Trinajstić information content (AvgIpc) is 2.53. The maximum Gasteiger partial charge on any atom is 0.248 e. The highest BCUT2D eigenvalue weighted by molar-refractivity contribution is 5.68. The lowest BCUT2D eigenvalue weighted by Gasteiger charge is -2.31. The van der Waals surface area contributed by atoms with E-state index in [1.54, 1.807) is 0 Å². The Morgan fingerprint density at radius 1 is 1.14 bits per heavy atom. The number of benzene rings is 1. The molecule has 2 N–H and O–H groups in total. The van der Waals surface area contributed by atoms with Gasteiger partial charge in [-0.3, -0.25) is 0 Å². The second kappa shape index (κ2) is 6.22. The maximum atomic E-state index is 6.23. The van der Waals surface area contributed by atoms with Crippen molar-refractivity contribution >= 4 is 11.5 Å². The van der Waals surface area contributed by atoms with Gasteiger partial charge in [-0.05, 0) is 37.8 Å². The van der Waals surface area contributed by atoms with Crippen molar-refractivity contribution in [3.05, 3.63) is 36.2 Å². The lowest BCUT2D eigenvalue weighted by molar-refractivity contribution is 0.434. The Balaban J connectivity index is 1.81. The molecule has 5 heteroatoms. The predicted octanol–water partition coefficient (Wildman–Crippen LogP) is 3.40. The van der Waals surface area contributed by atoms with Gasteiger partial charge in [-0.25, -0.2) is 4.98 Å². The zero-order valence-corrected chi connectivity index (χ0v) is 13.1. The fraction of sp³-hybridized carbons (Fsp3) is 0.412. The molecule has 1 aliphatic heterocycles. The summed E-state index contributed by atoms with van der Waals surface area (Å²) in [6.45, 7) is 6.28. The third-order valence-corrected chi connectivity index (χ3v) is 4.14. The first kappa shape index (κ1) is 14.6. The van der Waals surface area contributed by atoms with E-state index in [-0.39, 0.29) is 0 Å². The van der Waals surface area contributed by atoms with Crippen LogP contribution in [0.1, 0.15) is 25.3 Å². The van der Waals surface area contributed by atoms with Crippen molar-refractivity contribution in [2.45, 2.75) is 26.7 Å². The molecule has 0 saturated carbocycles. The van der Waals surface area contributed by atoms with E-state index in [4.69, 9.17) is 10.5 Å². The predicted molar refractivity (Wildman–Crippen MR) is 88.3 cm³/mol. The summed E-state index contributed by atoms with van der Waals surface area (Å²) >= 11 is 0. The van der Waals surface area contributed by atoms with E-state index in [0.29, 0.717) is 11.6 Å². The number of aryl methyl sites for hydroxylation is 1. The first-order valence-electron chi connectivity index (χ1n) is 7.73. The average molecular weight is 298 g/mol. The van der Waals surface area contributed by atoms with Gasteiger partial charge in [0, 0.05) is 13.1 Å². The van der Waals surface area contributed by atoms with E-state index < -0.39 is 0 Å². The van der Waals surface area contributed by atoms with Crippen molar-refractivity contribution in [2.75, 3.05) is 23.7 Å². The summed E-state index contributed by atoms with van der Waals surface area (Å²) in [7, 11) is 0. The third-order valence-electron chi connectivity index (χ3n) is 4.14. The van der Waals surface area contributed by atoms with Gasteiger partial charge >= 0.3 is 0 Å². The first-order valence-corrected chi connectivity index (χ1v) is 7.73. The van der Waals surface area contributed by atoms with Gasteiger partial charge in [0.1, 0.15) is 17.8 Å². The molecule has 5 nitrogen and oxygen atoms in total. The molecule has 1 aliphatic rings. The van der Waals surface area contributed by atoms with Crippen LogP contribution in [0.25, 0.3) is 0 Å². The molecule has 22 heavy (non-hydrogen) atoms. The number of nitrogens with two attached hydrogens (primary N) is 1. The maximum absolute atomic E-state index is 6.23. The molecule has 0 spiro atoms. The minimum Gasteiger partial charge on any atom is -0.437 e. The first-order chi connectivity index (χ1) is 10.6. The summed E-state index contributed by atoms with van der Waals surface area (Å²) in [4.78, 5) is 10.8. The minimum atomic E-state index is 0.424. The smallest absolute Gasteiger partial charge is 0.248 e. The Kier molecular flexibility index (Phi) is 4.13. The number of ether oxygens (including phenoxy) is 1. The summed E-state index contributed by atoms with van der Waals surface area (Å²) in [5.74, 6) is 2.70. The number of hydrogen-bond acceptors (Lipinski definition) is 5. The van der Waals surface area contributed by atoms with E-state index in [1.165, 1.54) is 11.9 Å². The highest BCUT2D eigenvalue weighted by atomic mass is 16.5. The van der Waals surface area contributed by atoms with Gasteiger partial charge < -0.3 is 15.4 Å². The van der Waals surface area contributed by atoms with Crippen molar-refractivity contribution in [3.63, 3.8) is 0 Å². The minimum absolute atomic E-state index is 0.424. The normalized spacial score (nSPS) is 15.8. The molecular weight excluding hydrogens is 276 g/mol. The quantitative estimate of drug-likeness (QED) is 0.941. The topological polar surface area (TPSA) is 64.3 Å². The Hall–Kier alpha value is -2.30. The molecule has 0 bridgehead atoms. The summed E-state index contributed by atoms with van der Waals surface area (Å²) < 4.78 is 5.81. The molecule has 0 unspecified atom stereocenters. The molecule has 1 aromatic heterocycles. The Morgan fingerprint density at radius 3 is 2.50 bits per heavy atom. The van der Waals surface area contributed by atoms with E-state index in [1.807, 2.05) is 31.2 Å². The van der Waals surface area contributed by atoms with Crippen LogP contribution in [0.5, 0.6) is 11.6 Å². The van der Waals surface area contributed by atoms with Crippen LogP contribution in [0.3, 0.4) is 0 Å². The number of piperidine rings is 1. The van der Waals surface area contributed by atoms with Crippen LogP contribution in [0, 0.1) is 12.8 Å². The second-order valence-corrected chi connectivity index (χ2v) is 6.00. The molecular formula is C17H22N4O. The Labute approximate surface area is 131 Å². The molecule has 2 aromatic rings. The molecule has 1 fully saturated rings. The highest BCUT2D eigenvalue weighted by Crippen LogP contribution is 2.33. The summed E-state index contributed by atoms with van der Waals surface area (Å²) in [5, 5.41) is 0. The molecule has 0 atom stereocenters. The summed E-state index contributed by atoms with van der Waals surface area (Å²) in [6.07, 6.45) is 3.85. The fourth-order valence-electron chi connectivity index (χ4n) is 2.64. The summed E-state index contributed by atoms with van der Waals surface area (Å²) in [6, 6.07) is 7.83. The fourth-order valence-corrected chi connectivity index (χ4v) is 2.64. The van der Waals surface area contributed by atoms with Gasteiger partial charge in [0.05, 0.1) is 0 Å². The third kappa shape index (κ3) is 3.13. The summed E-state index contributed by atoms with van der Waals surface area (Å²) in [5.41, 5.74) is 7.93. The molecule has 1 aromatic carbocycles. The van der Waals surface area contributed by atoms with Crippen LogP contribution in [-0.4, -0.2) is 23.1 Å². The van der Waals surface area contributed by atoms with Crippen molar-refractivity contribution in [2.24, 2.45) is 5.92 Å². The van der Waals surface area contributed by atoms with E-state index in [2.05, 4.69) is 21.8 Å². The van der Waals surface area contributed by atoms with Crippen LogP contribution < -0.4 is 15.4 Å². The number of nitrogen functional groups attached to an aromatic ring is 1. The lowest BCUT2D eigenvalue weighted by atomic mass is 9.99. The largest absolute Gasteiger partial charge is 0.437 e. The zero-order chi connectivity index (χ0) is 15.5. The second-order valence-electron chi connectivity index (χ2n) is 6.00. The van der Waals surface area contributed by atoms with E-state index >= 15 is 0 Å². The number of anilines is 2. The van der Waals surface area contributed by atoms with Crippen molar-refractivity contribution in [1.82, 2.24) is 9.97 Å². The Bertz CT molecular complexity index is 634. The molecule has 0 radical (unpaired) electrons. The SMILES string of the molecule is Cc1ccc(Oc2ncnc(N3CCC(C)CC3)c2N)cc1. The number of hydrogen-bond donors (Lipinski definition) is 1. The molecule has 1 saturated heterocycles. The molecule has 2 heterocycles.